The van der Waals surface area contributed by atoms with E-state index in [1.54, 1.807) is 41.3 Å². The molecule has 6 heteroatoms. The van der Waals surface area contributed by atoms with Gasteiger partial charge in [-0.2, -0.15) is 0 Å². The van der Waals surface area contributed by atoms with Gasteiger partial charge in [-0.25, -0.2) is 0 Å². The van der Waals surface area contributed by atoms with Crippen LogP contribution in [0.15, 0.2) is 53.0 Å². The molecular formula is C21H25BrN2O3. The third kappa shape index (κ3) is 6.40. The first-order valence-corrected chi connectivity index (χ1v) is 9.76. The van der Waals surface area contributed by atoms with Gasteiger partial charge < -0.3 is 15.0 Å². The van der Waals surface area contributed by atoms with Gasteiger partial charge in [0.05, 0.1) is 5.56 Å². The molecule has 2 amide bonds. The summed E-state index contributed by atoms with van der Waals surface area (Å²) in [4.78, 5) is 26.8. The topological polar surface area (TPSA) is 58.6 Å². The highest BCUT2D eigenvalue weighted by Gasteiger charge is 2.19. The van der Waals surface area contributed by atoms with Crippen molar-refractivity contribution < 1.29 is 14.3 Å². The Hall–Kier alpha value is -2.34. The van der Waals surface area contributed by atoms with Crippen LogP contribution in [-0.2, 0) is 4.79 Å². The Morgan fingerprint density at radius 1 is 1.11 bits per heavy atom. The summed E-state index contributed by atoms with van der Waals surface area (Å²) in [6.07, 6.45) is 0. The SMILES string of the molecule is CCN(CC(C)C)C(=O)c1ccccc1OCC(=O)Nc1ccc(Br)cc1. The number of para-hydroxylation sites is 1. The maximum Gasteiger partial charge on any atom is 0.262 e. The molecule has 5 nitrogen and oxygen atoms in total. The van der Waals surface area contributed by atoms with Crippen molar-refractivity contribution in [2.75, 3.05) is 25.0 Å². The van der Waals surface area contributed by atoms with Gasteiger partial charge in [-0.1, -0.05) is 41.9 Å². The van der Waals surface area contributed by atoms with Gasteiger partial charge in [-0.15, -0.1) is 0 Å². The van der Waals surface area contributed by atoms with Crippen molar-refractivity contribution >= 4 is 33.4 Å². The molecule has 0 radical (unpaired) electrons. The minimum absolute atomic E-state index is 0.0879. The van der Waals surface area contributed by atoms with Crippen LogP contribution in [0.5, 0.6) is 5.75 Å². The lowest BCUT2D eigenvalue weighted by Gasteiger charge is -2.24. The summed E-state index contributed by atoms with van der Waals surface area (Å²) in [7, 11) is 0. The number of rotatable bonds is 8. The molecule has 0 unspecified atom stereocenters. The molecule has 0 bridgehead atoms. The third-order valence-electron chi connectivity index (χ3n) is 3.86. The van der Waals surface area contributed by atoms with Crippen molar-refractivity contribution in [3.05, 3.63) is 58.6 Å². The van der Waals surface area contributed by atoms with Crippen LogP contribution in [0.3, 0.4) is 0 Å². The number of anilines is 1. The molecule has 0 atom stereocenters. The van der Waals surface area contributed by atoms with Gasteiger partial charge in [0.25, 0.3) is 11.8 Å². The minimum atomic E-state index is -0.283. The van der Waals surface area contributed by atoms with Crippen molar-refractivity contribution in [2.45, 2.75) is 20.8 Å². The number of nitrogens with one attached hydrogen (secondary N) is 1. The van der Waals surface area contributed by atoms with Gasteiger partial charge in [0.15, 0.2) is 6.61 Å². The summed E-state index contributed by atoms with van der Waals surface area (Å²) in [5.74, 6) is 0.415. The molecule has 2 rings (SSSR count). The number of carbonyl (C=O) groups is 2. The summed E-state index contributed by atoms with van der Waals surface area (Å²) in [6.45, 7) is 7.23. The number of ether oxygens (including phenoxy) is 1. The zero-order valence-electron chi connectivity index (χ0n) is 15.9. The van der Waals surface area contributed by atoms with Crippen molar-refractivity contribution in [1.82, 2.24) is 4.90 Å². The standard InChI is InChI=1S/C21H25BrN2O3/c1-4-24(13-15(2)3)21(26)18-7-5-6-8-19(18)27-14-20(25)23-17-11-9-16(22)10-12-17/h5-12,15H,4,13-14H2,1-3H3,(H,23,25). The molecule has 2 aromatic rings. The lowest BCUT2D eigenvalue weighted by Crippen LogP contribution is -2.34. The molecule has 27 heavy (non-hydrogen) atoms. The number of benzene rings is 2. The molecule has 2 aromatic carbocycles. The Kier molecular flexibility index (Phi) is 7.85. The molecule has 144 valence electrons. The van der Waals surface area contributed by atoms with E-state index in [0.717, 1.165) is 4.47 Å². The normalized spacial score (nSPS) is 10.6. The fraction of sp³-hybridized carbons (Fsp3) is 0.333. The first kappa shape index (κ1) is 21.0. The molecule has 1 N–H and O–H groups in total. The third-order valence-corrected chi connectivity index (χ3v) is 4.39. The van der Waals surface area contributed by atoms with Gasteiger partial charge in [-0.05, 0) is 49.2 Å². The van der Waals surface area contributed by atoms with Crippen molar-refractivity contribution in [3.8, 4) is 5.75 Å². The first-order chi connectivity index (χ1) is 12.9. The zero-order valence-corrected chi connectivity index (χ0v) is 17.5. The van der Waals surface area contributed by atoms with Gasteiger partial charge in [0, 0.05) is 23.2 Å². The molecule has 0 heterocycles. The molecular weight excluding hydrogens is 408 g/mol. The predicted molar refractivity (Wildman–Crippen MR) is 111 cm³/mol. The number of nitrogens with zero attached hydrogens (tertiary/aromatic N) is 1. The molecule has 0 saturated heterocycles. The van der Waals surface area contributed by atoms with Crippen LogP contribution in [0.25, 0.3) is 0 Å². The van der Waals surface area contributed by atoms with Gasteiger partial charge >= 0.3 is 0 Å². The van der Waals surface area contributed by atoms with E-state index < -0.39 is 0 Å². The van der Waals surface area contributed by atoms with Crippen LogP contribution in [0.4, 0.5) is 5.69 Å². The number of hydrogen-bond acceptors (Lipinski definition) is 3. The average Bonchev–Trinajstić information content (AvgIpc) is 2.66. The van der Waals surface area contributed by atoms with Gasteiger partial charge in [-0.3, -0.25) is 9.59 Å². The molecule has 0 saturated carbocycles. The van der Waals surface area contributed by atoms with E-state index in [9.17, 15) is 9.59 Å². The zero-order chi connectivity index (χ0) is 19.8. The molecule has 0 aliphatic heterocycles. The Morgan fingerprint density at radius 3 is 2.41 bits per heavy atom. The molecule has 0 spiro atoms. The number of halogens is 1. The smallest absolute Gasteiger partial charge is 0.262 e. The van der Waals surface area contributed by atoms with E-state index in [-0.39, 0.29) is 18.4 Å². The largest absolute Gasteiger partial charge is 0.483 e. The second kappa shape index (κ2) is 10.1. The Morgan fingerprint density at radius 2 is 1.78 bits per heavy atom. The Bertz CT molecular complexity index is 775. The maximum absolute atomic E-state index is 12.8. The van der Waals surface area contributed by atoms with Crippen LogP contribution in [0.2, 0.25) is 0 Å². The van der Waals surface area contributed by atoms with Gasteiger partial charge in [0.2, 0.25) is 0 Å². The fourth-order valence-electron chi connectivity index (χ4n) is 2.61. The second-order valence-corrected chi connectivity index (χ2v) is 7.49. The first-order valence-electron chi connectivity index (χ1n) is 8.97. The van der Waals surface area contributed by atoms with E-state index >= 15 is 0 Å². The molecule has 0 aliphatic rings. The number of amides is 2. The molecule has 0 aliphatic carbocycles. The van der Waals surface area contributed by atoms with E-state index in [0.29, 0.717) is 36.0 Å². The highest BCUT2D eigenvalue weighted by atomic mass is 79.9. The summed E-state index contributed by atoms with van der Waals surface area (Å²) < 4.78 is 6.58. The van der Waals surface area contributed by atoms with E-state index in [4.69, 9.17) is 4.74 Å². The van der Waals surface area contributed by atoms with Crippen molar-refractivity contribution in [1.29, 1.82) is 0 Å². The summed E-state index contributed by atoms with van der Waals surface area (Å²) in [5, 5.41) is 2.77. The number of hydrogen-bond donors (Lipinski definition) is 1. The maximum atomic E-state index is 12.8. The summed E-state index contributed by atoms with van der Waals surface area (Å²) in [6, 6.07) is 14.3. The second-order valence-electron chi connectivity index (χ2n) is 6.58. The monoisotopic (exact) mass is 432 g/mol. The Labute approximate surface area is 168 Å². The summed E-state index contributed by atoms with van der Waals surface area (Å²) in [5.41, 5.74) is 1.15. The van der Waals surface area contributed by atoms with Crippen LogP contribution < -0.4 is 10.1 Å². The minimum Gasteiger partial charge on any atom is -0.483 e. The number of carbonyl (C=O) groups excluding carboxylic acids is 2. The lowest BCUT2D eigenvalue weighted by atomic mass is 10.1. The predicted octanol–water partition coefficient (Wildman–Crippen LogP) is 4.58. The lowest BCUT2D eigenvalue weighted by molar-refractivity contribution is -0.118. The van der Waals surface area contributed by atoms with E-state index in [1.165, 1.54) is 0 Å². The Balaban J connectivity index is 2.03. The quantitative estimate of drug-likeness (QED) is 0.663. The molecule has 0 aromatic heterocycles. The van der Waals surface area contributed by atoms with Crippen LogP contribution in [0, 0.1) is 5.92 Å². The van der Waals surface area contributed by atoms with Gasteiger partial charge in [0.1, 0.15) is 5.75 Å². The summed E-state index contributed by atoms with van der Waals surface area (Å²) >= 11 is 3.35. The highest BCUT2D eigenvalue weighted by molar-refractivity contribution is 9.10. The highest BCUT2D eigenvalue weighted by Crippen LogP contribution is 2.21. The van der Waals surface area contributed by atoms with E-state index in [2.05, 4.69) is 35.1 Å². The van der Waals surface area contributed by atoms with Crippen LogP contribution >= 0.6 is 15.9 Å². The van der Waals surface area contributed by atoms with E-state index in [1.807, 2.05) is 19.1 Å². The fourth-order valence-corrected chi connectivity index (χ4v) is 2.87. The van der Waals surface area contributed by atoms with Crippen molar-refractivity contribution in [2.24, 2.45) is 5.92 Å². The van der Waals surface area contributed by atoms with Crippen molar-refractivity contribution in [3.63, 3.8) is 0 Å². The van der Waals surface area contributed by atoms with Crippen LogP contribution in [-0.4, -0.2) is 36.4 Å². The average molecular weight is 433 g/mol. The molecule has 0 fully saturated rings. The van der Waals surface area contributed by atoms with Crippen LogP contribution in [0.1, 0.15) is 31.1 Å².